The third-order valence-electron chi connectivity index (χ3n) is 5.35. The van der Waals surface area contributed by atoms with Gasteiger partial charge >= 0.3 is 0 Å². The van der Waals surface area contributed by atoms with Gasteiger partial charge in [0.15, 0.2) is 15.6 Å². The van der Waals surface area contributed by atoms with Crippen LogP contribution in [0.2, 0.25) is 5.02 Å². The number of ketones is 1. The van der Waals surface area contributed by atoms with Gasteiger partial charge in [-0.15, -0.1) is 0 Å². The highest BCUT2D eigenvalue weighted by Crippen LogP contribution is 2.18. The normalized spacial score (nSPS) is 11.5. The second-order valence-electron chi connectivity index (χ2n) is 7.86. The van der Waals surface area contributed by atoms with Gasteiger partial charge in [-0.2, -0.15) is 0 Å². The Labute approximate surface area is 186 Å². The molecule has 2 aromatic rings. The Balaban J connectivity index is 1.75. The predicted molar refractivity (Wildman–Crippen MR) is 125 cm³/mol. The molecule has 0 saturated heterocycles. The summed E-state index contributed by atoms with van der Waals surface area (Å²) in [4.78, 5) is 12.8. The van der Waals surface area contributed by atoms with Crippen molar-refractivity contribution >= 4 is 27.2 Å². The van der Waals surface area contributed by atoms with Crippen molar-refractivity contribution in [2.24, 2.45) is 0 Å². The molecule has 0 aliphatic carbocycles. The number of sulfone groups is 1. The largest absolute Gasteiger partial charge is 0.289 e. The fraction of sp³-hybridized carbons (Fsp3) is 0.480. The molecule has 164 valence electrons. The van der Waals surface area contributed by atoms with E-state index in [2.05, 4.69) is 6.92 Å². The third kappa shape index (κ3) is 8.23. The first-order valence-corrected chi connectivity index (χ1v) is 13.1. The molecular weight excluding hydrogens is 416 g/mol. The lowest BCUT2D eigenvalue weighted by molar-refractivity contribution is 0.103. The smallest absolute Gasteiger partial charge is 0.193 e. The van der Waals surface area contributed by atoms with Gasteiger partial charge in [0.25, 0.3) is 0 Å². The number of halogens is 1. The zero-order valence-corrected chi connectivity index (χ0v) is 19.5. The van der Waals surface area contributed by atoms with Crippen LogP contribution in [-0.4, -0.2) is 20.0 Å². The summed E-state index contributed by atoms with van der Waals surface area (Å²) in [5.74, 6) is 0.0128. The quantitative estimate of drug-likeness (QED) is 0.225. The zero-order valence-electron chi connectivity index (χ0n) is 17.9. The van der Waals surface area contributed by atoms with Crippen LogP contribution < -0.4 is 0 Å². The summed E-state index contributed by atoms with van der Waals surface area (Å²) in [6.45, 7) is 2.23. The fourth-order valence-corrected chi connectivity index (χ4v) is 4.98. The van der Waals surface area contributed by atoms with Gasteiger partial charge in [0.2, 0.25) is 0 Å². The summed E-state index contributed by atoms with van der Waals surface area (Å²) >= 11 is 5.86. The number of carbonyl (C=O) groups excluding carboxylic acids is 1. The molecular formula is C25H33ClO3S. The van der Waals surface area contributed by atoms with Gasteiger partial charge in [0.1, 0.15) is 0 Å². The predicted octanol–water partition coefficient (Wildman–Crippen LogP) is 7.27. The Kier molecular flexibility index (Phi) is 10.6. The minimum atomic E-state index is -3.31. The van der Waals surface area contributed by atoms with Crippen molar-refractivity contribution in [3.05, 3.63) is 64.7 Å². The van der Waals surface area contributed by atoms with E-state index in [1.807, 2.05) is 0 Å². The number of carbonyl (C=O) groups is 1. The lowest BCUT2D eigenvalue weighted by Crippen LogP contribution is -2.08. The molecule has 3 nitrogen and oxygen atoms in total. The SMILES string of the molecule is CCCCCCCCCCCCS(=O)(=O)c1ccc(C(=O)c2ccc(Cl)cc2)cc1. The van der Waals surface area contributed by atoms with Gasteiger partial charge in [0, 0.05) is 16.1 Å². The van der Waals surface area contributed by atoms with E-state index in [-0.39, 0.29) is 16.4 Å². The topological polar surface area (TPSA) is 51.2 Å². The molecule has 0 aliphatic rings. The molecule has 2 rings (SSSR count). The maximum absolute atomic E-state index is 12.6. The lowest BCUT2D eigenvalue weighted by Gasteiger charge is -2.07. The van der Waals surface area contributed by atoms with E-state index in [4.69, 9.17) is 11.6 Å². The Morgan fingerprint density at radius 3 is 1.63 bits per heavy atom. The van der Waals surface area contributed by atoms with Gasteiger partial charge in [-0.25, -0.2) is 8.42 Å². The summed E-state index contributed by atoms with van der Waals surface area (Å²) < 4.78 is 25.1. The van der Waals surface area contributed by atoms with Crippen LogP contribution in [0.5, 0.6) is 0 Å². The Hall–Kier alpha value is -1.65. The molecule has 0 aromatic heterocycles. The van der Waals surface area contributed by atoms with Crippen molar-refractivity contribution in [3.63, 3.8) is 0 Å². The molecule has 0 unspecified atom stereocenters. The molecule has 0 saturated carbocycles. The van der Waals surface area contributed by atoms with Gasteiger partial charge in [-0.1, -0.05) is 76.3 Å². The third-order valence-corrected chi connectivity index (χ3v) is 7.42. The number of hydrogen-bond donors (Lipinski definition) is 0. The van der Waals surface area contributed by atoms with Crippen LogP contribution in [-0.2, 0) is 9.84 Å². The highest BCUT2D eigenvalue weighted by Gasteiger charge is 2.15. The Bertz CT molecular complexity index is 872. The van der Waals surface area contributed by atoms with Crippen molar-refractivity contribution in [2.75, 3.05) is 5.75 Å². The van der Waals surface area contributed by atoms with Gasteiger partial charge in [-0.05, 0) is 55.0 Å². The number of rotatable bonds is 14. The van der Waals surface area contributed by atoms with E-state index in [0.29, 0.717) is 22.6 Å². The summed E-state index contributed by atoms with van der Waals surface area (Å²) in [5, 5.41) is 0.569. The van der Waals surface area contributed by atoms with E-state index in [1.165, 1.54) is 57.1 Å². The number of unbranched alkanes of at least 4 members (excludes halogenated alkanes) is 9. The summed E-state index contributed by atoms with van der Waals surface area (Å²) in [6, 6.07) is 12.9. The lowest BCUT2D eigenvalue weighted by atomic mass is 10.0. The molecule has 0 N–H and O–H groups in total. The van der Waals surface area contributed by atoms with Crippen LogP contribution in [0, 0.1) is 0 Å². The summed E-state index contributed by atoms with van der Waals surface area (Å²) in [6.07, 6.45) is 11.7. The molecule has 5 heteroatoms. The molecule has 0 aliphatic heterocycles. The molecule has 0 heterocycles. The second kappa shape index (κ2) is 12.9. The maximum atomic E-state index is 12.6. The van der Waals surface area contributed by atoms with Gasteiger partial charge in [-0.3, -0.25) is 4.79 Å². The molecule has 0 atom stereocenters. The number of hydrogen-bond acceptors (Lipinski definition) is 3. The van der Waals surface area contributed by atoms with Crippen molar-refractivity contribution in [2.45, 2.75) is 76.0 Å². The Morgan fingerprint density at radius 1 is 0.700 bits per heavy atom. The first-order chi connectivity index (χ1) is 14.4. The van der Waals surface area contributed by atoms with Gasteiger partial charge < -0.3 is 0 Å². The zero-order chi connectivity index (χ0) is 21.8. The minimum Gasteiger partial charge on any atom is -0.289 e. The van der Waals surface area contributed by atoms with Crippen LogP contribution in [0.1, 0.15) is 87.1 Å². The Morgan fingerprint density at radius 2 is 1.13 bits per heavy atom. The number of benzene rings is 2. The van der Waals surface area contributed by atoms with E-state index in [0.717, 1.165) is 12.8 Å². The van der Waals surface area contributed by atoms with Crippen molar-refractivity contribution < 1.29 is 13.2 Å². The monoisotopic (exact) mass is 448 g/mol. The van der Waals surface area contributed by atoms with E-state index >= 15 is 0 Å². The highest BCUT2D eigenvalue weighted by atomic mass is 35.5. The first-order valence-electron chi connectivity index (χ1n) is 11.1. The summed E-state index contributed by atoms with van der Waals surface area (Å²) in [5.41, 5.74) is 0.996. The van der Waals surface area contributed by atoms with Crippen molar-refractivity contribution in [1.82, 2.24) is 0 Å². The second-order valence-corrected chi connectivity index (χ2v) is 10.4. The van der Waals surface area contributed by atoms with Crippen LogP contribution in [0.4, 0.5) is 0 Å². The van der Waals surface area contributed by atoms with Crippen LogP contribution in [0.25, 0.3) is 0 Å². The van der Waals surface area contributed by atoms with Crippen molar-refractivity contribution in [3.8, 4) is 0 Å². The molecule has 0 bridgehead atoms. The molecule has 0 fully saturated rings. The first kappa shape index (κ1) is 24.6. The molecule has 2 aromatic carbocycles. The van der Waals surface area contributed by atoms with Crippen molar-refractivity contribution in [1.29, 1.82) is 0 Å². The van der Waals surface area contributed by atoms with Crippen LogP contribution in [0.15, 0.2) is 53.4 Å². The fourth-order valence-electron chi connectivity index (χ4n) is 3.48. The van der Waals surface area contributed by atoms with E-state index < -0.39 is 9.84 Å². The standard InChI is InChI=1S/C25H33ClO3S/c1-2-3-4-5-6-7-8-9-10-11-20-30(28,29)24-18-14-22(15-19-24)25(27)21-12-16-23(26)17-13-21/h12-19H,2-11,20H2,1H3. The molecule has 30 heavy (non-hydrogen) atoms. The van der Waals surface area contributed by atoms with E-state index in [9.17, 15) is 13.2 Å². The van der Waals surface area contributed by atoms with Crippen LogP contribution >= 0.6 is 11.6 Å². The molecule has 0 radical (unpaired) electrons. The van der Waals surface area contributed by atoms with Crippen LogP contribution in [0.3, 0.4) is 0 Å². The van der Waals surface area contributed by atoms with Gasteiger partial charge in [0.05, 0.1) is 10.6 Å². The maximum Gasteiger partial charge on any atom is 0.193 e. The average molecular weight is 449 g/mol. The summed E-state index contributed by atoms with van der Waals surface area (Å²) in [7, 11) is -3.31. The average Bonchev–Trinajstić information content (AvgIpc) is 2.75. The highest BCUT2D eigenvalue weighted by molar-refractivity contribution is 7.91. The van der Waals surface area contributed by atoms with E-state index in [1.54, 1.807) is 36.4 Å². The molecule has 0 amide bonds. The minimum absolute atomic E-state index is 0.148. The molecule has 0 spiro atoms.